The molecule has 0 spiro atoms. The third-order valence-corrected chi connectivity index (χ3v) is 13.6. The molecular formula is C26H39N3O9SSi. The van der Waals surface area contributed by atoms with Crippen molar-refractivity contribution in [2.24, 2.45) is 11.7 Å². The van der Waals surface area contributed by atoms with E-state index >= 15 is 0 Å². The lowest BCUT2D eigenvalue weighted by atomic mass is 9.90. The number of nitrogens with zero attached hydrogens (tertiary/aromatic N) is 2. The lowest BCUT2D eigenvalue weighted by molar-refractivity contribution is -0.384. The summed E-state index contributed by atoms with van der Waals surface area (Å²) >= 11 is 0.639. The maximum atomic E-state index is 13.8. The van der Waals surface area contributed by atoms with Gasteiger partial charge >= 0.3 is 0 Å². The fraction of sp³-hybridized carbons (Fsp3) is 0.654. The predicted octanol–water partition coefficient (Wildman–Crippen LogP) is 3.27. The molecule has 2 amide bonds. The van der Waals surface area contributed by atoms with Gasteiger partial charge in [-0.3, -0.25) is 29.4 Å². The lowest BCUT2D eigenvalue weighted by Gasteiger charge is -2.57. The number of nitrogens with two attached hydrogens (primary N) is 1. The molecule has 40 heavy (non-hydrogen) atoms. The Morgan fingerprint density at radius 1 is 1.30 bits per heavy atom. The number of non-ortho nitro benzene ring substituents is 1. The molecule has 1 aromatic rings. The molecule has 2 fully saturated rings. The molecule has 12 nitrogen and oxygen atoms in total. The van der Waals surface area contributed by atoms with Gasteiger partial charge in [-0.2, -0.15) is 0 Å². The number of carbonyl (C=O) groups excluding carboxylic acids is 3. The van der Waals surface area contributed by atoms with Crippen LogP contribution >= 0.6 is 11.8 Å². The van der Waals surface area contributed by atoms with Crippen LogP contribution in [0.4, 0.5) is 5.69 Å². The number of primary amides is 1. The highest BCUT2D eigenvalue weighted by atomic mass is 32.2. The van der Waals surface area contributed by atoms with E-state index in [1.54, 1.807) is 19.1 Å². The fourth-order valence-electron chi connectivity index (χ4n) is 4.46. The molecule has 3 rings (SSSR count). The molecule has 2 aliphatic heterocycles. The predicted molar refractivity (Wildman–Crippen MR) is 150 cm³/mol. The van der Waals surface area contributed by atoms with Crippen molar-refractivity contribution in [3.8, 4) is 0 Å². The molecule has 0 bridgehead atoms. The second-order valence-corrected chi connectivity index (χ2v) is 17.6. The van der Waals surface area contributed by atoms with E-state index in [0.717, 1.165) is 6.42 Å². The number of thioether (sulfide) groups is 1. The molecule has 2 saturated heterocycles. The van der Waals surface area contributed by atoms with Gasteiger partial charge in [0.1, 0.15) is 5.37 Å². The highest BCUT2D eigenvalue weighted by molar-refractivity contribution is 8.14. The average Bonchev–Trinajstić information content (AvgIpc) is 2.86. The number of amides is 2. The highest BCUT2D eigenvalue weighted by Crippen LogP contribution is 2.48. The number of rotatable bonds is 11. The van der Waals surface area contributed by atoms with E-state index in [9.17, 15) is 29.6 Å². The Labute approximate surface area is 239 Å². The van der Waals surface area contributed by atoms with Crippen molar-refractivity contribution in [2.45, 2.75) is 95.2 Å². The summed E-state index contributed by atoms with van der Waals surface area (Å²) in [6.07, 6.45) is -0.865. The number of β-lactam (4-membered cyclic amide) rings is 1. The quantitative estimate of drug-likeness (QED) is 0.127. The first-order valence-corrected chi connectivity index (χ1v) is 17.0. The monoisotopic (exact) mass is 597 g/mol. The number of likely N-dealkylation sites (tertiary alicyclic amines) is 1. The van der Waals surface area contributed by atoms with E-state index in [0.29, 0.717) is 36.8 Å². The molecule has 2 aliphatic rings. The first-order valence-electron chi connectivity index (χ1n) is 13.2. The zero-order chi connectivity index (χ0) is 30.0. The van der Waals surface area contributed by atoms with E-state index in [4.69, 9.17) is 19.6 Å². The summed E-state index contributed by atoms with van der Waals surface area (Å²) < 4.78 is 18.8. The summed E-state index contributed by atoms with van der Waals surface area (Å²) in [6.45, 7) is 12.4. The molecule has 0 aromatic heterocycles. The van der Waals surface area contributed by atoms with Crippen LogP contribution in [0.1, 0.15) is 52.5 Å². The molecule has 1 aromatic carbocycles. The SMILES string of the molecule is C[C@@H](O[Si](C)(C)C(C)(C)C)[C@H]1C(=O)N(C2(OCc3ccc([N+](=O)[O-])cc3)CCCCO2)[C@@H]1SC(=O)C(O)C(N)=O. The molecule has 222 valence electrons. The lowest BCUT2D eigenvalue weighted by Crippen LogP contribution is -2.73. The number of aliphatic hydroxyl groups is 1. The molecule has 5 atom stereocenters. The van der Waals surface area contributed by atoms with Crippen LogP contribution in [-0.2, 0) is 34.9 Å². The van der Waals surface area contributed by atoms with E-state index < -0.39 is 53.7 Å². The van der Waals surface area contributed by atoms with Gasteiger partial charge in [0.15, 0.2) is 8.32 Å². The zero-order valence-electron chi connectivity index (χ0n) is 23.7. The second kappa shape index (κ2) is 12.2. The minimum atomic E-state index is -2.30. The van der Waals surface area contributed by atoms with Gasteiger partial charge in [-0.15, -0.1) is 0 Å². The van der Waals surface area contributed by atoms with Crippen LogP contribution in [-0.4, -0.2) is 70.3 Å². The van der Waals surface area contributed by atoms with Crippen LogP contribution in [0, 0.1) is 16.0 Å². The highest BCUT2D eigenvalue weighted by Gasteiger charge is 2.62. The summed E-state index contributed by atoms with van der Waals surface area (Å²) in [4.78, 5) is 50.0. The minimum Gasteiger partial charge on any atom is -0.413 e. The molecule has 14 heteroatoms. The summed E-state index contributed by atoms with van der Waals surface area (Å²) in [5, 5.41) is 19.2. The summed E-state index contributed by atoms with van der Waals surface area (Å²) in [5.74, 6) is -3.81. The summed E-state index contributed by atoms with van der Waals surface area (Å²) in [7, 11) is -2.30. The fourth-order valence-corrected chi connectivity index (χ4v) is 7.23. The normalized spacial score (nSPS) is 25.2. The maximum Gasteiger partial charge on any atom is 0.269 e. The number of nitro benzene ring substituents is 1. The zero-order valence-corrected chi connectivity index (χ0v) is 25.6. The van der Waals surface area contributed by atoms with Crippen molar-refractivity contribution in [1.82, 2.24) is 4.90 Å². The number of ether oxygens (including phenoxy) is 2. The minimum absolute atomic E-state index is 0.0162. The third-order valence-electron chi connectivity index (χ3n) is 7.80. The van der Waals surface area contributed by atoms with Crippen LogP contribution in [0.25, 0.3) is 0 Å². The van der Waals surface area contributed by atoms with Crippen molar-refractivity contribution in [1.29, 1.82) is 0 Å². The smallest absolute Gasteiger partial charge is 0.269 e. The molecule has 2 unspecified atom stereocenters. The van der Waals surface area contributed by atoms with Crippen molar-refractivity contribution in [2.75, 3.05) is 6.61 Å². The van der Waals surface area contributed by atoms with Gasteiger partial charge in [0.05, 0.1) is 30.2 Å². The van der Waals surface area contributed by atoms with Gasteiger partial charge in [-0.25, -0.2) is 0 Å². The van der Waals surface area contributed by atoms with Crippen LogP contribution in [0.2, 0.25) is 18.1 Å². The van der Waals surface area contributed by atoms with Gasteiger partial charge in [-0.1, -0.05) is 32.5 Å². The maximum absolute atomic E-state index is 13.8. The second-order valence-electron chi connectivity index (χ2n) is 11.7. The first kappa shape index (κ1) is 32.2. The Bertz CT molecular complexity index is 1120. The molecule has 0 saturated carbocycles. The van der Waals surface area contributed by atoms with E-state index in [-0.39, 0.29) is 23.2 Å². The number of hydrogen-bond donors (Lipinski definition) is 2. The largest absolute Gasteiger partial charge is 0.413 e. The molecule has 2 heterocycles. The number of carbonyl (C=O) groups is 3. The summed E-state index contributed by atoms with van der Waals surface area (Å²) in [5.41, 5.74) is 5.72. The van der Waals surface area contributed by atoms with Crippen molar-refractivity contribution in [3.63, 3.8) is 0 Å². The van der Waals surface area contributed by atoms with Crippen molar-refractivity contribution in [3.05, 3.63) is 39.9 Å². The topological polar surface area (TPSA) is 172 Å². The Morgan fingerprint density at radius 2 is 1.93 bits per heavy atom. The standard InChI is InChI=1S/C26H39N3O9SSi/c1-16(38-40(5,6)25(2,3)4)19-22(32)28(23(19)39-24(33)20(30)21(27)31)26(13-7-8-14-36-26)37-15-17-9-11-18(12-10-17)29(34)35/h9-12,16,19-20,23,30H,7-8,13-15H2,1-6H3,(H2,27,31)/t16-,19+,20?,23-,26?/m1/s1. The van der Waals surface area contributed by atoms with Gasteiger partial charge < -0.3 is 24.7 Å². The average molecular weight is 598 g/mol. The number of benzene rings is 1. The Hall–Kier alpha value is -2.36. The van der Waals surface area contributed by atoms with Crippen LogP contribution in [0.3, 0.4) is 0 Å². The van der Waals surface area contributed by atoms with Gasteiger partial charge in [-0.05, 0) is 55.6 Å². The third kappa shape index (κ3) is 6.74. The molecule has 3 N–H and O–H groups in total. The molecular weight excluding hydrogens is 558 g/mol. The van der Waals surface area contributed by atoms with Crippen molar-refractivity contribution >= 4 is 42.7 Å². The van der Waals surface area contributed by atoms with Crippen LogP contribution < -0.4 is 5.73 Å². The van der Waals surface area contributed by atoms with Gasteiger partial charge in [0.2, 0.25) is 17.1 Å². The Balaban J connectivity index is 1.91. The molecule has 0 radical (unpaired) electrons. The van der Waals surface area contributed by atoms with Crippen molar-refractivity contribution < 1.29 is 38.3 Å². The van der Waals surface area contributed by atoms with Gasteiger partial charge in [0, 0.05) is 18.6 Å². The summed E-state index contributed by atoms with van der Waals surface area (Å²) in [6, 6.07) is 5.84. The van der Waals surface area contributed by atoms with E-state index in [2.05, 4.69) is 33.9 Å². The number of hydrogen-bond acceptors (Lipinski definition) is 10. The number of aliphatic hydroxyl groups excluding tert-OH is 1. The molecule has 0 aliphatic carbocycles. The Morgan fingerprint density at radius 3 is 2.42 bits per heavy atom. The number of nitro groups is 1. The first-order chi connectivity index (χ1) is 18.5. The van der Waals surface area contributed by atoms with Gasteiger partial charge in [0.25, 0.3) is 17.5 Å². The Kier molecular flexibility index (Phi) is 9.85. The van der Waals surface area contributed by atoms with E-state index in [1.165, 1.54) is 17.0 Å². The van der Waals surface area contributed by atoms with E-state index in [1.807, 2.05) is 0 Å². The van der Waals surface area contributed by atoms with Crippen LogP contribution in [0.5, 0.6) is 0 Å². The van der Waals surface area contributed by atoms with Crippen LogP contribution in [0.15, 0.2) is 24.3 Å².